The van der Waals surface area contributed by atoms with Crippen LogP contribution in [0.25, 0.3) is 0 Å². The zero-order chi connectivity index (χ0) is 47.2. The van der Waals surface area contributed by atoms with Gasteiger partial charge in [-0.2, -0.15) is 0 Å². The first-order valence-electron chi connectivity index (χ1n) is 28.1. The van der Waals surface area contributed by atoms with Crippen LogP contribution in [0, 0.1) is 0 Å². The predicted molar refractivity (Wildman–Crippen MR) is 279 cm³/mol. The molecule has 0 aliphatic heterocycles. The standard InChI is InChI=1S/C59H106O6/c1-4-7-10-13-16-19-22-25-27-29-30-31-33-34-37-40-43-46-49-52-58(61)64-55-56(54-63-57(60)51-48-45-42-39-36-24-21-18-15-12-9-6-3)65-59(62)53-50-47-44-41-38-35-32-28-26-23-20-17-14-11-8-5-2/h16,18-19,21,25,27,30-31,56H,4-15,17,20,22-24,26,28-29,32-55H2,1-3H3/b19-16-,21-18-,27-25-,31-30-/t56-/m1/s1. The Kier molecular flexibility index (Phi) is 51.8. The molecule has 65 heavy (non-hydrogen) atoms. The van der Waals surface area contributed by atoms with Crippen molar-refractivity contribution in [3.8, 4) is 0 Å². The van der Waals surface area contributed by atoms with Crippen molar-refractivity contribution in [2.24, 2.45) is 0 Å². The van der Waals surface area contributed by atoms with Crippen LogP contribution in [0.4, 0.5) is 0 Å². The van der Waals surface area contributed by atoms with E-state index >= 15 is 0 Å². The fourth-order valence-electron chi connectivity index (χ4n) is 8.03. The number of hydrogen-bond donors (Lipinski definition) is 0. The van der Waals surface area contributed by atoms with Crippen molar-refractivity contribution in [2.75, 3.05) is 13.2 Å². The lowest BCUT2D eigenvalue weighted by Gasteiger charge is -2.18. The summed E-state index contributed by atoms with van der Waals surface area (Å²) in [6, 6.07) is 0. The van der Waals surface area contributed by atoms with Gasteiger partial charge in [-0.3, -0.25) is 14.4 Å². The van der Waals surface area contributed by atoms with Gasteiger partial charge in [-0.25, -0.2) is 0 Å². The fraction of sp³-hybridized carbons (Fsp3) is 0.814. The molecule has 0 aliphatic carbocycles. The van der Waals surface area contributed by atoms with E-state index in [2.05, 4.69) is 69.4 Å². The number of esters is 3. The molecule has 0 saturated carbocycles. The first kappa shape index (κ1) is 62.4. The lowest BCUT2D eigenvalue weighted by molar-refractivity contribution is -0.167. The summed E-state index contributed by atoms with van der Waals surface area (Å²) in [6.07, 6.45) is 65.2. The van der Waals surface area contributed by atoms with E-state index in [-0.39, 0.29) is 31.1 Å². The Balaban J connectivity index is 4.36. The molecule has 0 rings (SSSR count). The molecule has 6 heteroatoms. The molecule has 378 valence electrons. The molecule has 0 saturated heterocycles. The fourth-order valence-corrected chi connectivity index (χ4v) is 8.03. The lowest BCUT2D eigenvalue weighted by atomic mass is 10.0. The number of hydrogen-bond acceptors (Lipinski definition) is 6. The molecule has 0 fully saturated rings. The monoisotopic (exact) mass is 911 g/mol. The van der Waals surface area contributed by atoms with Crippen LogP contribution in [0.2, 0.25) is 0 Å². The summed E-state index contributed by atoms with van der Waals surface area (Å²) < 4.78 is 16.8. The Morgan fingerprint density at radius 2 is 0.554 bits per heavy atom. The largest absolute Gasteiger partial charge is 0.462 e. The highest BCUT2D eigenvalue weighted by molar-refractivity contribution is 5.71. The second-order valence-electron chi connectivity index (χ2n) is 18.8. The Hall–Kier alpha value is -2.63. The Morgan fingerprint density at radius 3 is 0.908 bits per heavy atom. The van der Waals surface area contributed by atoms with Crippen molar-refractivity contribution in [2.45, 2.75) is 297 Å². The number of rotatable bonds is 51. The van der Waals surface area contributed by atoms with E-state index in [1.165, 1.54) is 167 Å². The minimum atomic E-state index is -0.779. The highest BCUT2D eigenvalue weighted by Gasteiger charge is 2.19. The maximum Gasteiger partial charge on any atom is 0.306 e. The van der Waals surface area contributed by atoms with Crippen molar-refractivity contribution in [3.63, 3.8) is 0 Å². The minimum absolute atomic E-state index is 0.0792. The molecule has 0 aromatic rings. The Bertz CT molecular complexity index is 1140. The topological polar surface area (TPSA) is 78.9 Å². The molecular formula is C59H106O6. The van der Waals surface area contributed by atoms with Crippen LogP contribution in [0.3, 0.4) is 0 Å². The van der Waals surface area contributed by atoms with Gasteiger partial charge in [0.05, 0.1) is 0 Å². The summed E-state index contributed by atoms with van der Waals surface area (Å²) in [5.74, 6) is -0.887. The van der Waals surface area contributed by atoms with E-state index in [9.17, 15) is 14.4 Å². The molecule has 0 N–H and O–H groups in total. The molecule has 0 aromatic carbocycles. The predicted octanol–water partition coefficient (Wildman–Crippen LogP) is 18.7. The van der Waals surface area contributed by atoms with Crippen LogP contribution in [0.5, 0.6) is 0 Å². The van der Waals surface area contributed by atoms with Crippen molar-refractivity contribution in [1.82, 2.24) is 0 Å². The average Bonchev–Trinajstić information content (AvgIpc) is 3.30. The quantitative estimate of drug-likeness (QED) is 0.0262. The highest BCUT2D eigenvalue weighted by Crippen LogP contribution is 2.16. The van der Waals surface area contributed by atoms with Gasteiger partial charge in [0.2, 0.25) is 0 Å². The number of allylic oxidation sites excluding steroid dienone is 8. The highest BCUT2D eigenvalue weighted by atomic mass is 16.6. The van der Waals surface area contributed by atoms with Crippen LogP contribution in [-0.4, -0.2) is 37.2 Å². The summed E-state index contributed by atoms with van der Waals surface area (Å²) in [7, 11) is 0. The molecule has 0 aromatic heterocycles. The van der Waals surface area contributed by atoms with Crippen LogP contribution < -0.4 is 0 Å². The Morgan fingerprint density at radius 1 is 0.308 bits per heavy atom. The number of carbonyl (C=O) groups is 3. The summed E-state index contributed by atoms with van der Waals surface area (Å²) >= 11 is 0. The van der Waals surface area contributed by atoms with Gasteiger partial charge in [0.25, 0.3) is 0 Å². The molecule has 6 nitrogen and oxygen atoms in total. The third-order valence-corrected chi connectivity index (χ3v) is 12.3. The van der Waals surface area contributed by atoms with E-state index in [4.69, 9.17) is 14.2 Å². The molecule has 0 unspecified atom stereocenters. The average molecular weight is 911 g/mol. The summed E-state index contributed by atoms with van der Waals surface area (Å²) in [5.41, 5.74) is 0. The second kappa shape index (κ2) is 54.0. The molecule has 0 aliphatic rings. The van der Waals surface area contributed by atoms with E-state index in [0.29, 0.717) is 19.3 Å². The molecule has 0 bridgehead atoms. The maximum absolute atomic E-state index is 12.8. The smallest absolute Gasteiger partial charge is 0.306 e. The third kappa shape index (κ3) is 52.2. The van der Waals surface area contributed by atoms with Gasteiger partial charge < -0.3 is 14.2 Å². The summed E-state index contributed by atoms with van der Waals surface area (Å²) in [5, 5.41) is 0. The van der Waals surface area contributed by atoms with Crippen LogP contribution in [0.1, 0.15) is 290 Å². The molecular weight excluding hydrogens is 805 g/mol. The lowest BCUT2D eigenvalue weighted by Crippen LogP contribution is -2.30. The number of ether oxygens (including phenoxy) is 3. The van der Waals surface area contributed by atoms with Crippen molar-refractivity contribution in [1.29, 1.82) is 0 Å². The second-order valence-corrected chi connectivity index (χ2v) is 18.8. The van der Waals surface area contributed by atoms with E-state index in [1.54, 1.807) is 0 Å². The number of carbonyl (C=O) groups excluding carboxylic acids is 3. The van der Waals surface area contributed by atoms with E-state index < -0.39 is 6.10 Å². The van der Waals surface area contributed by atoms with Crippen LogP contribution in [0.15, 0.2) is 48.6 Å². The van der Waals surface area contributed by atoms with Gasteiger partial charge in [0.15, 0.2) is 6.10 Å². The summed E-state index contributed by atoms with van der Waals surface area (Å²) in [6.45, 7) is 6.60. The SMILES string of the molecule is CCCCC/C=C\C/C=C\C/C=C\CCCCCCCCC(=O)OC[C@@H](COC(=O)CCCCCCC/C=C\CCCCC)OC(=O)CCCCCCCCCCCCCCCCCC. The first-order chi connectivity index (χ1) is 32.0. The van der Waals surface area contributed by atoms with Gasteiger partial charge in [-0.1, -0.05) is 236 Å². The summed E-state index contributed by atoms with van der Waals surface area (Å²) in [4.78, 5) is 38.1. The van der Waals surface area contributed by atoms with Crippen molar-refractivity contribution >= 4 is 17.9 Å². The van der Waals surface area contributed by atoms with E-state index in [1.807, 2.05) is 0 Å². The molecule has 0 heterocycles. The van der Waals surface area contributed by atoms with Gasteiger partial charge in [0, 0.05) is 19.3 Å². The van der Waals surface area contributed by atoms with Crippen molar-refractivity contribution < 1.29 is 28.6 Å². The first-order valence-corrected chi connectivity index (χ1v) is 28.1. The molecule has 0 radical (unpaired) electrons. The Labute approximate surface area is 403 Å². The van der Waals surface area contributed by atoms with Gasteiger partial charge >= 0.3 is 17.9 Å². The normalized spacial score (nSPS) is 12.4. The zero-order valence-corrected chi connectivity index (χ0v) is 43.3. The third-order valence-electron chi connectivity index (χ3n) is 12.3. The van der Waals surface area contributed by atoms with Crippen LogP contribution >= 0.6 is 0 Å². The maximum atomic E-state index is 12.8. The number of unbranched alkanes of at least 4 members (excludes halogenated alkanes) is 32. The molecule has 1 atom stereocenters. The van der Waals surface area contributed by atoms with Crippen LogP contribution in [-0.2, 0) is 28.6 Å². The zero-order valence-electron chi connectivity index (χ0n) is 43.3. The van der Waals surface area contributed by atoms with Gasteiger partial charge in [-0.05, 0) is 83.5 Å². The molecule has 0 amide bonds. The van der Waals surface area contributed by atoms with Crippen molar-refractivity contribution in [3.05, 3.63) is 48.6 Å². The van der Waals surface area contributed by atoms with Gasteiger partial charge in [-0.15, -0.1) is 0 Å². The van der Waals surface area contributed by atoms with E-state index in [0.717, 1.165) is 83.5 Å². The minimum Gasteiger partial charge on any atom is -0.462 e. The van der Waals surface area contributed by atoms with Gasteiger partial charge in [0.1, 0.15) is 13.2 Å². The molecule has 0 spiro atoms.